The molecule has 0 aromatic heterocycles. The number of hydrogen-bond donors (Lipinski definition) is 0. The third-order valence-corrected chi connectivity index (χ3v) is 0. The third kappa shape index (κ3) is 8960. The maximum atomic E-state index is 8.33. The van der Waals surface area contributed by atoms with Crippen molar-refractivity contribution in [3.8, 4) is 0 Å². The zero-order chi connectivity index (χ0) is 7.15. The van der Waals surface area contributed by atoms with Gasteiger partial charge in [0.2, 0.25) is 0 Å². The Hall–Kier alpha value is 0.768. The van der Waals surface area contributed by atoms with E-state index in [-0.39, 0.29) is 115 Å². The molecule has 0 aliphatic rings. The first kappa shape index (κ1) is 152. The first-order valence-electron chi connectivity index (χ1n) is 1.22. The number of rotatable bonds is 0. The molecule has 12 nitrogen and oxygen atoms in total. The summed E-state index contributed by atoms with van der Waals surface area (Å²) in [5.74, 6) is 0. The van der Waals surface area contributed by atoms with E-state index in [9.17, 15) is 0 Å². The summed E-state index contributed by atoms with van der Waals surface area (Å²) < 4.78 is 0. The van der Waals surface area contributed by atoms with Crippen LogP contribution in [0.4, 0.5) is 9.59 Å². The zero-order valence-corrected chi connectivity index (χ0v) is 12.7. The van der Waals surface area contributed by atoms with Gasteiger partial charge in [0, 0.05) is 0 Å². The van der Waals surface area contributed by atoms with Crippen molar-refractivity contribution in [2.24, 2.45) is 0 Å². The maximum Gasteiger partial charge on any atom is 2.00 e. The van der Waals surface area contributed by atoms with E-state index < -0.39 is 12.3 Å². The van der Waals surface area contributed by atoms with Crippen LogP contribution in [-0.4, -0.2) is 45.2 Å². The minimum Gasteiger partial charge on any atom is -0.870 e. The van der Waals surface area contributed by atoms with Crippen LogP contribution in [-0.2, 0) is 82.5 Å². The summed E-state index contributed by atoms with van der Waals surface area (Å²) in [5.41, 5.74) is 0. The summed E-state index contributed by atoms with van der Waals surface area (Å²) in [6.07, 6.45) is -4.67. The summed E-state index contributed by atoms with van der Waals surface area (Å²) in [4.78, 5) is 16.7. The normalized spacial score (nSPS) is 2.53. The van der Waals surface area contributed by atoms with Gasteiger partial charge in [-0.05, 0) is 12.3 Å². The van der Waals surface area contributed by atoms with E-state index in [0.29, 0.717) is 0 Å². The molecule has 17 heteroatoms. The Morgan fingerprint density at radius 3 is 0.421 bits per heavy atom. The van der Waals surface area contributed by atoms with E-state index in [0.717, 1.165) is 0 Å². The van der Waals surface area contributed by atoms with Crippen LogP contribution in [0.25, 0.3) is 0 Å². The Kier molecular flexibility index (Phi) is 1040. The van der Waals surface area contributed by atoms with E-state index in [4.69, 9.17) is 30.0 Å². The molecule has 6 N–H and O–H groups in total. The number of hydrogen-bond acceptors (Lipinski definition) is 12. The Balaban J connectivity index is -0.00000000218. The summed E-state index contributed by atoms with van der Waals surface area (Å²) in [7, 11) is 0. The fourth-order valence-corrected chi connectivity index (χ4v) is 0. The van der Waals surface area contributed by atoms with Crippen molar-refractivity contribution in [3.63, 3.8) is 0 Å². The summed E-state index contributed by atoms with van der Waals surface area (Å²) >= 11 is 0. The molecule has 0 radical (unpaired) electrons. The second-order valence-electron chi connectivity index (χ2n) is 0.500. The molecule has 0 fully saturated rings. The number of carbonyl (C=O) groups is 2. The monoisotopic (exact) mass is 512 g/mol. The van der Waals surface area contributed by atoms with Gasteiger partial charge in [-0.3, -0.25) is 0 Å². The average Bonchev–Trinajstić information content (AvgIpc) is 1.25. The molecule has 0 aliphatic heterocycles. The van der Waals surface area contributed by atoms with Gasteiger partial charge in [-0.2, -0.15) is 0 Å². The average molecular weight is 516 g/mol. The molecular formula is C2H6Ni5O12. The van der Waals surface area contributed by atoms with Crippen molar-refractivity contribution in [1.29, 1.82) is 0 Å². The Morgan fingerprint density at radius 2 is 0.421 bits per heavy atom. The fourth-order valence-electron chi connectivity index (χ4n) is 0. The van der Waals surface area contributed by atoms with E-state index in [2.05, 4.69) is 0 Å². The Morgan fingerprint density at radius 1 is 0.421 bits per heavy atom. The SMILES string of the molecule is O=C([O-])[O-].O=C([O-])[O-].[Ni+2].[Ni+2].[Ni+2].[Ni+2].[Ni+2].[OH-].[OH-].[OH-].[OH-].[OH-].[OH-]. The Bertz CT molecular complexity index is 82.1. The topological polar surface area (TPSA) is 306 Å². The smallest absolute Gasteiger partial charge is 0.870 e. The van der Waals surface area contributed by atoms with Gasteiger partial charge in [-0.1, -0.05) is 0 Å². The van der Waals surface area contributed by atoms with Gasteiger partial charge < -0.3 is 62.9 Å². The molecule has 0 aliphatic carbocycles. The van der Waals surface area contributed by atoms with Crippen molar-refractivity contribution in [2.45, 2.75) is 0 Å². The summed E-state index contributed by atoms with van der Waals surface area (Å²) in [6.45, 7) is 0. The van der Waals surface area contributed by atoms with Crippen molar-refractivity contribution in [3.05, 3.63) is 0 Å². The molecule has 0 atom stereocenters. The molecular weight excluding hydrogens is 509 g/mol. The molecule has 0 rings (SSSR count). The second kappa shape index (κ2) is 129. The van der Waals surface area contributed by atoms with E-state index in [1.807, 2.05) is 0 Å². The van der Waals surface area contributed by atoms with Gasteiger partial charge in [0.1, 0.15) is 0 Å². The maximum absolute atomic E-state index is 8.33. The van der Waals surface area contributed by atoms with Gasteiger partial charge in [-0.25, -0.2) is 0 Å². The number of carbonyl (C=O) groups excluding carboxylic acids is 2. The van der Waals surface area contributed by atoms with Crippen molar-refractivity contribution in [2.75, 3.05) is 0 Å². The molecule has 0 heterocycles. The van der Waals surface area contributed by atoms with Gasteiger partial charge in [0.25, 0.3) is 0 Å². The predicted molar refractivity (Wildman–Crippen MR) is 22.4 cm³/mol. The van der Waals surface area contributed by atoms with Gasteiger partial charge in [0.15, 0.2) is 0 Å². The molecule has 0 unspecified atom stereocenters. The molecule has 0 amide bonds. The van der Waals surface area contributed by atoms with Crippen LogP contribution in [0, 0.1) is 0 Å². The van der Waals surface area contributed by atoms with Crippen molar-refractivity contribution >= 4 is 12.3 Å². The summed E-state index contributed by atoms with van der Waals surface area (Å²) in [6, 6.07) is 0. The van der Waals surface area contributed by atoms with Crippen LogP contribution in [0.3, 0.4) is 0 Å². The van der Waals surface area contributed by atoms with Crippen molar-refractivity contribution in [1.82, 2.24) is 0 Å². The predicted octanol–water partition coefficient (Wildman–Crippen LogP) is -5.97. The molecule has 0 aromatic carbocycles. The van der Waals surface area contributed by atoms with Gasteiger partial charge in [0.05, 0.1) is 0 Å². The second-order valence-corrected chi connectivity index (χ2v) is 0.500. The minimum absolute atomic E-state index is 0. The van der Waals surface area contributed by atoms with Crippen molar-refractivity contribution < 1.29 is 145 Å². The molecule has 136 valence electrons. The van der Waals surface area contributed by atoms with E-state index in [1.54, 1.807) is 0 Å². The van der Waals surface area contributed by atoms with Gasteiger partial charge >= 0.3 is 82.5 Å². The molecule has 0 aromatic rings. The van der Waals surface area contributed by atoms with Crippen LogP contribution in [0.5, 0.6) is 0 Å². The van der Waals surface area contributed by atoms with Gasteiger partial charge in [-0.15, -0.1) is 0 Å². The van der Waals surface area contributed by atoms with Crippen LogP contribution in [0.1, 0.15) is 0 Å². The Labute approximate surface area is 157 Å². The standard InChI is InChI=1S/2CH2O3.5Ni.6H2O/c2*2-1(3)4;;;;;;;;;;;/h2*(H2,2,3,4);;;;;;6*1H2/q;;5*+2;;;;;;/p-10. The molecule has 0 saturated carbocycles. The zero-order valence-electron chi connectivity index (χ0n) is 7.71. The first-order valence-corrected chi connectivity index (χ1v) is 1.22. The summed E-state index contributed by atoms with van der Waals surface area (Å²) in [5, 5.41) is 33.3. The first-order chi connectivity index (χ1) is 3.46. The molecule has 19 heavy (non-hydrogen) atoms. The largest absolute Gasteiger partial charge is 2.00 e. The van der Waals surface area contributed by atoms with Crippen LogP contribution >= 0.6 is 0 Å². The molecule has 0 spiro atoms. The number of carboxylic acid groups (broad SMARTS) is 4. The van der Waals surface area contributed by atoms with Crippen LogP contribution in [0.2, 0.25) is 0 Å². The van der Waals surface area contributed by atoms with Crippen LogP contribution in [0.15, 0.2) is 0 Å². The van der Waals surface area contributed by atoms with Crippen LogP contribution < -0.4 is 20.4 Å². The van der Waals surface area contributed by atoms with E-state index >= 15 is 0 Å². The fraction of sp³-hybridized carbons (Fsp3) is 0. The molecule has 0 saturated heterocycles. The van der Waals surface area contributed by atoms with E-state index in [1.165, 1.54) is 0 Å². The quantitative estimate of drug-likeness (QED) is 0.272. The molecule has 0 bridgehead atoms. The minimum atomic E-state index is -2.33. The third-order valence-electron chi connectivity index (χ3n) is 0.